The van der Waals surface area contributed by atoms with Crippen LogP contribution in [0.5, 0.6) is 0 Å². The van der Waals surface area contributed by atoms with Crippen LogP contribution in [0.25, 0.3) is 0 Å². The summed E-state index contributed by atoms with van der Waals surface area (Å²) in [5, 5.41) is 9.95. The molecule has 1 aromatic heterocycles. The summed E-state index contributed by atoms with van der Waals surface area (Å²) < 4.78 is 19.5. The van der Waals surface area contributed by atoms with E-state index < -0.39 is 5.60 Å². The number of furan rings is 1. The van der Waals surface area contributed by atoms with Crippen molar-refractivity contribution in [2.75, 3.05) is 6.54 Å². The molecule has 0 saturated heterocycles. The normalized spacial score (nSPS) is 12.1. The lowest BCUT2D eigenvalue weighted by Gasteiger charge is -2.21. The molecule has 0 saturated carbocycles. The Morgan fingerprint density at radius 1 is 1.14 bits per heavy atom. The molecule has 0 fully saturated rings. The molecular formula is C18H24FNO2. The van der Waals surface area contributed by atoms with Crippen molar-refractivity contribution in [3.63, 3.8) is 0 Å². The van der Waals surface area contributed by atoms with Crippen molar-refractivity contribution < 1.29 is 13.9 Å². The maximum absolute atomic E-state index is 13.8. The Hall–Kier alpha value is -1.65. The summed E-state index contributed by atoms with van der Waals surface area (Å²) in [5.41, 5.74) is -0.301. The van der Waals surface area contributed by atoms with Gasteiger partial charge in [-0.05, 0) is 45.0 Å². The van der Waals surface area contributed by atoms with Gasteiger partial charge in [0.25, 0.3) is 0 Å². The van der Waals surface area contributed by atoms with E-state index in [1.807, 2.05) is 18.2 Å². The van der Waals surface area contributed by atoms with Crippen LogP contribution in [0.1, 0.15) is 44.3 Å². The van der Waals surface area contributed by atoms with Crippen LogP contribution in [-0.2, 0) is 18.7 Å². The molecule has 4 heteroatoms. The van der Waals surface area contributed by atoms with Gasteiger partial charge in [0.15, 0.2) is 0 Å². The summed E-state index contributed by atoms with van der Waals surface area (Å²) in [7, 11) is 0. The van der Waals surface area contributed by atoms with Gasteiger partial charge in [-0.2, -0.15) is 0 Å². The molecule has 0 aliphatic carbocycles. The highest BCUT2D eigenvalue weighted by Gasteiger charge is 2.21. The van der Waals surface area contributed by atoms with E-state index in [1.165, 1.54) is 6.07 Å². The SMILES string of the molecule is CCCN(Cc1ccc(C(C)(C)O)o1)Cc1ccccc1F. The van der Waals surface area contributed by atoms with Crippen molar-refractivity contribution in [1.82, 2.24) is 4.90 Å². The number of hydrogen-bond acceptors (Lipinski definition) is 3. The molecule has 0 bridgehead atoms. The van der Waals surface area contributed by atoms with E-state index >= 15 is 0 Å². The van der Waals surface area contributed by atoms with Crippen molar-refractivity contribution in [2.24, 2.45) is 0 Å². The number of benzene rings is 1. The maximum atomic E-state index is 13.8. The molecule has 2 aromatic rings. The molecule has 0 aliphatic rings. The summed E-state index contributed by atoms with van der Waals surface area (Å²) in [6.45, 7) is 7.47. The van der Waals surface area contributed by atoms with E-state index in [0.717, 1.165) is 18.7 Å². The minimum absolute atomic E-state index is 0.180. The Bertz CT molecular complexity index is 601. The molecule has 1 heterocycles. The quantitative estimate of drug-likeness (QED) is 0.838. The molecule has 3 nitrogen and oxygen atoms in total. The minimum Gasteiger partial charge on any atom is -0.462 e. The molecule has 1 N–H and O–H groups in total. The molecule has 2 rings (SSSR count). The standard InChI is InChI=1S/C18H24FNO2/c1-4-11-20(12-14-7-5-6-8-16(14)19)13-15-9-10-17(22-15)18(2,3)21/h5-10,21H,4,11-13H2,1-3H3. The second-order valence-corrected chi connectivity index (χ2v) is 6.13. The van der Waals surface area contributed by atoms with E-state index in [0.29, 0.717) is 24.4 Å². The number of aliphatic hydroxyl groups is 1. The lowest BCUT2D eigenvalue weighted by atomic mass is 10.1. The third-order valence-corrected chi connectivity index (χ3v) is 3.54. The second-order valence-electron chi connectivity index (χ2n) is 6.13. The van der Waals surface area contributed by atoms with E-state index in [1.54, 1.807) is 26.0 Å². The lowest BCUT2D eigenvalue weighted by molar-refractivity contribution is 0.0516. The number of nitrogens with zero attached hydrogens (tertiary/aromatic N) is 1. The minimum atomic E-state index is -0.987. The van der Waals surface area contributed by atoms with Gasteiger partial charge in [-0.3, -0.25) is 4.90 Å². The Morgan fingerprint density at radius 3 is 2.45 bits per heavy atom. The van der Waals surface area contributed by atoms with Gasteiger partial charge in [0.1, 0.15) is 22.9 Å². The molecule has 1 aromatic carbocycles. The summed E-state index contributed by atoms with van der Waals surface area (Å²) in [6, 6.07) is 10.5. The van der Waals surface area contributed by atoms with Gasteiger partial charge >= 0.3 is 0 Å². The Morgan fingerprint density at radius 2 is 1.86 bits per heavy atom. The van der Waals surface area contributed by atoms with Crippen LogP contribution in [0, 0.1) is 5.82 Å². The van der Waals surface area contributed by atoms with E-state index in [2.05, 4.69) is 11.8 Å². The fourth-order valence-electron chi connectivity index (χ4n) is 2.41. The molecule has 0 spiro atoms. The average Bonchev–Trinajstić information content (AvgIpc) is 2.90. The van der Waals surface area contributed by atoms with Crippen molar-refractivity contribution in [3.8, 4) is 0 Å². The first kappa shape index (κ1) is 16.7. The summed E-state index contributed by atoms with van der Waals surface area (Å²) in [6.07, 6.45) is 0.980. The summed E-state index contributed by atoms with van der Waals surface area (Å²) >= 11 is 0. The van der Waals surface area contributed by atoms with Crippen molar-refractivity contribution in [2.45, 2.75) is 45.9 Å². The van der Waals surface area contributed by atoms with Gasteiger partial charge in [-0.25, -0.2) is 4.39 Å². The van der Waals surface area contributed by atoms with Crippen LogP contribution in [0.4, 0.5) is 4.39 Å². The number of rotatable bonds is 7. The molecule has 0 amide bonds. The number of halogens is 1. The molecule has 22 heavy (non-hydrogen) atoms. The smallest absolute Gasteiger partial charge is 0.135 e. The average molecular weight is 305 g/mol. The fraction of sp³-hybridized carbons (Fsp3) is 0.444. The second kappa shape index (κ2) is 7.07. The van der Waals surface area contributed by atoms with E-state index in [-0.39, 0.29) is 5.82 Å². The number of hydrogen-bond donors (Lipinski definition) is 1. The van der Waals surface area contributed by atoms with Gasteiger partial charge in [0.2, 0.25) is 0 Å². The zero-order valence-electron chi connectivity index (χ0n) is 13.5. The monoisotopic (exact) mass is 305 g/mol. The van der Waals surface area contributed by atoms with Gasteiger partial charge < -0.3 is 9.52 Å². The first-order valence-electron chi connectivity index (χ1n) is 7.67. The van der Waals surface area contributed by atoms with Gasteiger partial charge in [0, 0.05) is 12.1 Å². The summed E-state index contributed by atoms with van der Waals surface area (Å²) in [4.78, 5) is 2.14. The zero-order valence-corrected chi connectivity index (χ0v) is 13.5. The van der Waals surface area contributed by atoms with Gasteiger partial charge in [-0.15, -0.1) is 0 Å². The van der Waals surface area contributed by atoms with Crippen LogP contribution in [-0.4, -0.2) is 16.6 Å². The third kappa shape index (κ3) is 4.42. The predicted octanol–water partition coefficient (Wildman–Crippen LogP) is 4.06. The van der Waals surface area contributed by atoms with E-state index in [4.69, 9.17) is 4.42 Å². The van der Waals surface area contributed by atoms with Crippen LogP contribution in [0.2, 0.25) is 0 Å². The first-order chi connectivity index (χ1) is 10.4. The molecule has 0 atom stereocenters. The Balaban J connectivity index is 2.09. The van der Waals surface area contributed by atoms with Gasteiger partial charge in [0.05, 0.1) is 6.54 Å². The lowest BCUT2D eigenvalue weighted by Crippen LogP contribution is -2.24. The molecule has 120 valence electrons. The highest BCUT2D eigenvalue weighted by molar-refractivity contribution is 5.17. The molecule has 0 unspecified atom stereocenters. The van der Waals surface area contributed by atoms with Crippen molar-refractivity contribution >= 4 is 0 Å². The largest absolute Gasteiger partial charge is 0.462 e. The topological polar surface area (TPSA) is 36.6 Å². The third-order valence-electron chi connectivity index (χ3n) is 3.54. The molecule has 0 radical (unpaired) electrons. The van der Waals surface area contributed by atoms with Crippen LogP contribution in [0.15, 0.2) is 40.8 Å². The van der Waals surface area contributed by atoms with E-state index in [9.17, 15) is 9.50 Å². The predicted molar refractivity (Wildman–Crippen MR) is 84.8 cm³/mol. The first-order valence-corrected chi connectivity index (χ1v) is 7.67. The van der Waals surface area contributed by atoms with Gasteiger partial charge in [-0.1, -0.05) is 25.1 Å². The highest BCUT2D eigenvalue weighted by Crippen LogP contribution is 2.23. The van der Waals surface area contributed by atoms with Crippen LogP contribution >= 0.6 is 0 Å². The molecular weight excluding hydrogens is 281 g/mol. The van der Waals surface area contributed by atoms with Crippen molar-refractivity contribution in [1.29, 1.82) is 0 Å². The summed E-state index contributed by atoms with van der Waals surface area (Å²) in [5.74, 6) is 1.15. The Kier molecular flexibility index (Phi) is 5.37. The van der Waals surface area contributed by atoms with Crippen molar-refractivity contribution in [3.05, 3.63) is 59.3 Å². The highest BCUT2D eigenvalue weighted by atomic mass is 19.1. The van der Waals surface area contributed by atoms with Crippen LogP contribution < -0.4 is 0 Å². The Labute approximate surface area is 131 Å². The molecule has 0 aliphatic heterocycles. The fourth-order valence-corrected chi connectivity index (χ4v) is 2.41. The maximum Gasteiger partial charge on any atom is 0.135 e. The van der Waals surface area contributed by atoms with Crippen LogP contribution in [0.3, 0.4) is 0 Å². The zero-order chi connectivity index (χ0) is 16.2.